The Morgan fingerprint density at radius 2 is 2.38 bits per heavy atom. The van der Waals surface area contributed by atoms with E-state index in [0.717, 1.165) is 30.8 Å². The standard InChI is InChI=1S/C11H18N2/c1-3-4-5-13-8-10-6-12-7-11(10)9(13)2/h1,9-12H,4-8H2,2H3. The zero-order valence-electron chi connectivity index (χ0n) is 8.29. The van der Waals surface area contributed by atoms with Crippen LogP contribution in [-0.2, 0) is 0 Å². The van der Waals surface area contributed by atoms with Gasteiger partial charge < -0.3 is 5.32 Å². The molecule has 0 spiro atoms. The molecule has 2 aliphatic heterocycles. The van der Waals surface area contributed by atoms with Crippen molar-refractivity contribution in [1.29, 1.82) is 0 Å². The van der Waals surface area contributed by atoms with Crippen LogP contribution >= 0.6 is 0 Å². The predicted molar refractivity (Wildman–Crippen MR) is 54.3 cm³/mol. The van der Waals surface area contributed by atoms with Crippen molar-refractivity contribution in [2.45, 2.75) is 19.4 Å². The number of hydrogen-bond donors (Lipinski definition) is 1. The van der Waals surface area contributed by atoms with Crippen LogP contribution in [0.15, 0.2) is 0 Å². The second kappa shape index (κ2) is 3.69. The molecule has 0 aromatic heterocycles. The van der Waals surface area contributed by atoms with Gasteiger partial charge in [-0.05, 0) is 31.8 Å². The minimum absolute atomic E-state index is 0.730. The third-order valence-electron chi connectivity index (χ3n) is 3.60. The molecule has 0 bridgehead atoms. The molecule has 3 unspecified atom stereocenters. The van der Waals surface area contributed by atoms with Crippen LogP contribution in [0.4, 0.5) is 0 Å². The summed E-state index contributed by atoms with van der Waals surface area (Å²) in [5, 5.41) is 3.46. The largest absolute Gasteiger partial charge is 0.316 e. The van der Waals surface area contributed by atoms with Crippen LogP contribution in [-0.4, -0.2) is 37.1 Å². The zero-order valence-corrected chi connectivity index (χ0v) is 8.29. The third kappa shape index (κ3) is 1.59. The van der Waals surface area contributed by atoms with Gasteiger partial charge in [-0.25, -0.2) is 0 Å². The van der Waals surface area contributed by atoms with Crippen LogP contribution in [0.1, 0.15) is 13.3 Å². The minimum Gasteiger partial charge on any atom is -0.316 e. The first-order valence-electron chi connectivity index (χ1n) is 5.21. The Balaban J connectivity index is 1.91. The number of nitrogens with zero attached hydrogens (tertiary/aromatic N) is 1. The first kappa shape index (κ1) is 9.05. The lowest BCUT2D eigenvalue weighted by atomic mass is 9.95. The van der Waals surface area contributed by atoms with Crippen LogP contribution in [0.3, 0.4) is 0 Å². The van der Waals surface area contributed by atoms with Crippen LogP contribution < -0.4 is 5.32 Å². The Hall–Kier alpha value is -0.520. The number of terminal acetylenes is 1. The maximum absolute atomic E-state index is 5.28. The van der Waals surface area contributed by atoms with Crippen LogP contribution in [0.2, 0.25) is 0 Å². The summed E-state index contributed by atoms with van der Waals surface area (Å²) in [6, 6.07) is 0.730. The van der Waals surface area contributed by atoms with Gasteiger partial charge in [0.2, 0.25) is 0 Å². The zero-order chi connectivity index (χ0) is 9.26. The van der Waals surface area contributed by atoms with Gasteiger partial charge in [0, 0.05) is 25.6 Å². The molecule has 0 amide bonds. The van der Waals surface area contributed by atoms with Gasteiger partial charge in [0.15, 0.2) is 0 Å². The van der Waals surface area contributed by atoms with Crippen molar-refractivity contribution < 1.29 is 0 Å². The summed E-state index contributed by atoms with van der Waals surface area (Å²) in [7, 11) is 0. The van der Waals surface area contributed by atoms with Crippen LogP contribution in [0, 0.1) is 24.2 Å². The van der Waals surface area contributed by atoms with E-state index in [0.29, 0.717) is 0 Å². The quantitative estimate of drug-likeness (QED) is 0.621. The van der Waals surface area contributed by atoms with Crippen molar-refractivity contribution in [3.8, 4) is 12.3 Å². The van der Waals surface area contributed by atoms with E-state index in [1.54, 1.807) is 0 Å². The number of nitrogens with one attached hydrogen (secondary N) is 1. The van der Waals surface area contributed by atoms with E-state index < -0.39 is 0 Å². The molecule has 2 fully saturated rings. The molecule has 2 saturated heterocycles. The average molecular weight is 178 g/mol. The van der Waals surface area contributed by atoms with E-state index in [2.05, 4.69) is 23.1 Å². The highest BCUT2D eigenvalue weighted by molar-refractivity contribution is 4.97. The second-order valence-corrected chi connectivity index (χ2v) is 4.27. The predicted octanol–water partition coefficient (Wildman–Crippen LogP) is 0.549. The van der Waals surface area contributed by atoms with Crippen molar-refractivity contribution >= 4 is 0 Å². The molecule has 2 heterocycles. The second-order valence-electron chi connectivity index (χ2n) is 4.27. The number of fused-ring (bicyclic) bond motifs is 1. The van der Waals surface area contributed by atoms with Crippen molar-refractivity contribution in [1.82, 2.24) is 10.2 Å². The lowest BCUT2D eigenvalue weighted by Crippen LogP contribution is -2.33. The summed E-state index contributed by atoms with van der Waals surface area (Å²) in [6.07, 6.45) is 6.18. The fourth-order valence-electron chi connectivity index (χ4n) is 2.76. The molecular formula is C11H18N2. The van der Waals surface area contributed by atoms with Crippen molar-refractivity contribution in [3.05, 3.63) is 0 Å². The Morgan fingerprint density at radius 1 is 1.54 bits per heavy atom. The molecule has 0 aliphatic carbocycles. The number of rotatable bonds is 2. The lowest BCUT2D eigenvalue weighted by molar-refractivity contribution is 0.245. The Bertz CT molecular complexity index is 219. The topological polar surface area (TPSA) is 15.3 Å². The monoisotopic (exact) mass is 178 g/mol. The molecule has 0 radical (unpaired) electrons. The van der Waals surface area contributed by atoms with Gasteiger partial charge in [0.1, 0.15) is 0 Å². The van der Waals surface area contributed by atoms with Crippen molar-refractivity contribution in [3.63, 3.8) is 0 Å². The summed E-state index contributed by atoms with van der Waals surface area (Å²) < 4.78 is 0. The first-order valence-corrected chi connectivity index (χ1v) is 5.21. The van der Waals surface area contributed by atoms with Crippen molar-refractivity contribution in [2.75, 3.05) is 26.2 Å². The van der Waals surface area contributed by atoms with E-state index in [-0.39, 0.29) is 0 Å². The van der Waals surface area contributed by atoms with Crippen molar-refractivity contribution in [2.24, 2.45) is 11.8 Å². The third-order valence-corrected chi connectivity index (χ3v) is 3.60. The highest BCUT2D eigenvalue weighted by Gasteiger charge is 2.40. The molecule has 3 atom stereocenters. The van der Waals surface area contributed by atoms with E-state index in [1.165, 1.54) is 19.6 Å². The number of likely N-dealkylation sites (tertiary alicyclic amines) is 1. The molecule has 2 aliphatic rings. The van der Waals surface area contributed by atoms with Gasteiger partial charge in [-0.3, -0.25) is 4.90 Å². The smallest absolute Gasteiger partial charge is 0.0214 e. The fourth-order valence-corrected chi connectivity index (χ4v) is 2.76. The molecule has 72 valence electrons. The lowest BCUT2D eigenvalue weighted by Gasteiger charge is -2.23. The summed E-state index contributed by atoms with van der Waals surface area (Å²) >= 11 is 0. The molecule has 1 N–H and O–H groups in total. The molecule has 2 rings (SSSR count). The maximum Gasteiger partial charge on any atom is 0.0214 e. The molecule has 0 saturated carbocycles. The summed E-state index contributed by atoms with van der Waals surface area (Å²) in [4.78, 5) is 2.55. The number of hydrogen-bond acceptors (Lipinski definition) is 2. The molecule has 13 heavy (non-hydrogen) atoms. The summed E-state index contributed by atoms with van der Waals surface area (Å²) in [6.45, 7) is 7.10. The first-order chi connectivity index (χ1) is 6.33. The van der Waals surface area contributed by atoms with Gasteiger partial charge in [0.05, 0.1) is 0 Å². The fraction of sp³-hybridized carbons (Fsp3) is 0.818. The molecular weight excluding hydrogens is 160 g/mol. The van der Waals surface area contributed by atoms with Crippen LogP contribution in [0.5, 0.6) is 0 Å². The molecule has 0 aromatic carbocycles. The highest BCUT2D eigenvalue weighted by Crippen LogP contribution is 2.31. The van der Waals surface area contributed by atoms with Gasteiger partial charge >= 0.3 is 0 Å². The van der Waals surface area contributed by atoms with Gasteiger partial charge in [-0.2, -0.15) is 0 Å². The van der Waals surface area contributed by atoms with Crippen LogP contribution in [0.25, 0.3) is 0 Å². The normalized spacial score (nSPS) is 38.9. The molecule has 2 nitrogen and oxygen atoms in total. The van der Waals surface area contributed by atoms with E-state index >= 15 is 0 Å². The summed E-state index contributed by atoms with van der Waals surface area (Å²) in [5.74, 6) is 4.48. The van der Waals surface area contributed by atoms with Gasteiger partial charge in [-0.1, -0.05) is 0 Å². The maximum atomic E-state index is 5.28. The van der Waals surface area contributed by atoms with E-state index in [9.17, 15) is 0 Å². The average Bonchev–Trinajstić information content (AvgIpc) is 2.67. The van der Waals surface area contributed by atoms with E-state index in [4.69, 9.17) is 6.42 Å². The highest BCUT2D eigenvalue weighted by atomic mass is 15.2. The molecule has 0 aromatic rings. The Labute approximate surface area is 80.7 Å². The Kier molecular flexibility index (Phi) is 2.57. The van der Waals surface area contributed by atoms with E-state index in [1.807, 2.05) is 0 Å². The minimum atomic E-state index is 0.730. The van der Waals surface area contributed by atoms with Gasteiger partial charge in [0.25, 0.3) is 0 Å². The summed E-state index contributed by atoms with van der Waals surface area (Å²) in [5.41, 5.74) is 0. The molecule has 2 heteroatoms. The van der Waals surface area contributed by atoms with Gasteiger partial charge in [-0.15, -0.1) is 12.3 Å². The Morgan fingerprint density at radius 3 is 3.08 bits per heavy atom. The SMILES string of the molecule is C#CCCN1CC2CNCC2C1C.